The molecular weight excluding hydrogens is 303 g/mol. The lowest BCUT2D eigenvalue weighted by atomic mass is 9.94. The van der Waals surface area contributed by atoms with E-state index in [9.17, 15) is 9.18 Å². The smallest absolute Gasteiger partial charge is 0.338 e. The zero-order valence-electron chi connectivity index (χ0n) is 12.5. The Morgan fingerprint density at radius 3 is 2.64 bits per heavy atom. The third-order valence-corrected chi connectivity index (χ3v) is 4.65. The minimum Gasteiger partial charge on any atom is -0.466 e. The first-order valence-corrected chi connectivity index (χ1v) is 7.66. The maximum Gasteiger partial charge on any atom is 0.338 e. The van der Waals surface area contributed by atoms with Crippen LogP contribution < -0.4 is 0 Å². The van der Waals surface area contributed by atoms with Crippen LogP contribution in [0.2, 0.25) is 0 Å². The highest BCUT2D eigenvalue weighted by molar-refractivity contribution is 8.16. The molecule has 0 radical (unpaired) electrons. The van der Waals surface area contributed by atoms with E-state index in [2.05, 4.69) is 4.99 Å². The Balaban J connectivity index is 2.16. The summed E-state index contributed by atoms with van der Waals surface area (Å²) in [4.78, 5) is 18.7. The number of hydrogen-bond donors (Lipinski definition) is 0. The van der Waals surface area contributed by atoms with Crippen molar-refractivity contribution in [3.8, 4) is 0 Å². The maximum absolute atomic E-state index is 13.2. The molecule has 0 aliphatic carbocycles. The minimum absolute atomic E-state index is 0.308. The summed E-state index contributed by atoms with van der Waals surface area (Å²) in [5.74, 6) is -0.726. The number of halogens is 1. The topological polar surface area (TPSA) is 41.9 Å². The first kappa shape index (κ1) is 14.8. The third-order valence-electron chi connectivity index (χ3n) is 3.70. The van der Waals surface area contributed by atoms with Crippen molar-refractivity contribution in [3.05, 3.63) is 58.0 Å². The molecule has 1 atom stereocenters. The molecule has 0 bridgehead atoms. The summed E-state index contributed by atoms with van der Waals surface area (Å²) >= 11 is 1.51. The van der Waals surface area contributed by atoms with E-state index in [4.69, 9.17) is 4.74 Å². The van der Waals surface area contributed by atoms with Gasteiger partial charge in [0.2, 0.25) is 0 Å². The molecule has 0 saturated carbocycles. The molecule has 6 heteroatoms. The SMILES string of the molecule is COC(=O)C1=C(C)N=C2SC=C(C)N2C1c1ccc(F)cc1. The van der Waals surface area contributed by atoms with Crippen LogP contribution in [0.5, 0.6) is 0 Å². The molecular formula is C16H15FN2O2S. The Kier molecular flexibility index (Phi) is 3.78. The number of fused-ring (bicyclic) bond motifs is 1. The Labute approximate surface area is 132 Å². The van der Waals surface area contributed by atoms with Crippen molar-refractivity contribution in [1.29, 1.82) is 0 Å². The Bertz CT molecular complexity index is 722. The van der Waals surface area contributed by atoms with Crippen molar-refractivity contribution in [3.63, 3.8) is 0 Å². The van der Waals surface area contributed by atoms with Gasteiger partial charge in [0.05, 0.1) is 24.4 Å². The van der Waals surface area contributed by atoms with Gasteiger partial charge in [0, 0.05) is 5.70 Å². The van der Waals surface area contributed by atoms with Crippen molar-refractivity contribution in [2.75, 3.05) is 7.11 Å². The van der Waals surface area contributed by atoms with Gasteiger partial charge in [-0.1, -0.05) is 23.9 Å². The number of hydrogen-bond acceptors (Lipinski definition) is 5. The summed E-state index contributed by atoms with van der Waals surface area (Å²) in [5, 5.41) is 2.81. The molecule has 1 aromatic carbocycles. The van der Waals surface area contributed by atoms with Gasteiger partial charge < -0.3 is 9.64 Å². The number of thioether (sulfide) groups is 1. The van der Waals surface area contributed by atoms with E-state index in [1.54, 1.807) is 19.1 Å². The molecule has 2 heterocycles. The van der Waals surface area contributed by atoms with Crippen LogP contribution in [0.25, 0.3) is 0 Å². The molecule has 0 saturated heterocycles. The molecule has 0 amide bonds. The number of carbonyl (C=O) groups excluding carboxylic acids is 1. The molecule has 0 aromatic heterocycles. The number of aliphatic imine (C=N–C) groups is 1. The summed E-state index contributed by atoms with van der Waals surface area (Å²) in [6.45, 7) is 3.75. The number of benzene rings is 1. The van der Waals surface area contributed by atoms with E-state index in [-0.39, 0.29) is 11.9 Å². The second-order valence-corrected chi connectivity index (χ2v) is 5.92. The molecule has 0 N–H and O–H groups in total. The highest BCUT2D eigenvalue weighted by Gasteiger charge is 2.39. The van der Waals surface area contributed by atoms with Crippen LogP contribution in [-0.2, 0) is 9.53 Å². The van der Waals surface area contributed by atoms with Crippen molar-refractivity contribution < 1.29 is 13.9 Å². The van der Waals surface area contributed by atoms with Crippen LogP contribution >= 0.6 is 11.8 Å². The predicted octanol–water partition coefficient (Wildman–Crippen LogP) is 3.59. The number of esters is 1. The Morgan fingerprint density at radius 2 is 2.00 bits per heavy atom. The average Bonchev–Trinajstić information content (AvgIpc) is 2.87. The number of rotatable bonds is 2. The zero-order valence-corrected chi connectivity index (χ0v) is 13.3. The van der Waals surface area contributed by atoms with E-state index in [0.717, 1.165) is 16.4 Å². The van der Waals surface area contributed by atoms with E-state index in [1.165, 1.54) is 31.0 Å². The van der Waals surface area contributed by atoms with Gasteiger partial charge in [0.15, 0.2) is 5.17 Å². The normalized spacial score (nSPS) is 20.5. The maximum atomic E-state index is 13.2. The number of carbonyl (C=O) groups is 1. The van der Waals surface area contributed by atoms with Crippen molar-refractivity contribution >= 4 is 22.9 Å². The fourth-order valence-electron chi connectivity index (χ4n) is 2.66. The monoisotopic (exact) mass is 318 g/mol. The zero-order chi connectivity index (χ0) is 15.9. The summed E-state index contributed by atoms with van der Waals surface area (Å²) in [6, 6.07) is 5.82. The molecule has 4 nitrogen and oxygen atoms in total. The van der Waals surface area contributed by atoms with Crippen LogP contribution in [-0.4, -0.2) is 23.1 Å². The summed E-state index contributed by atoms with van der Waals surface area (Å²) in [7, 11) is 1.35. The molecule has 2 aliphatic rings. The average molecular weight is 318 g/mol. The molecule has 114 valence electrons. The van der Waals surface area contributed by atoms with Gasteiger partial charge in [0.25, 0.3) is 0 Å². The van der Waals surface area contributed by atoms with E-state index in [0.29, 0.717) is 11.3 Å². The van der Waals surface area contributed by atoms with Gasteiger partial charge in [0.1, 0.15) is 5.82 Å². The Hall–Kier alpha value is -2.08. The van der Waals surface area contributed by atoms with Crippen molar-refractivity contribution in [2.45, 2.75) is 19.9 Å². The van der Waals surface area contributed by atoms with Crippen LogP contribution in [0, 0.1) is 5.82 Å². The van der Waals surface area contributed by atoms with Crippen molar-refractivity contribution in [1.82, 2.24) is 4.90 Å². The fourth-order valence-corrected chi connectivity index (χ4v) is 3.60. The lowest BCUT2D eigenvalue weighted by molar-refractivity contribution is -0.136. The van der Waals surface area contributed by atoms with Crippen LogP contribution in [0.15, 0.2) is 51.6 Å². The first-order chi connectivity index (χ1) is 10.5. The number of amidine groups is 1. The van der Waals surface area contributed by atoms with Gasteiger partial charge in [-0.2, -0.15) is 0 Å². The third kappa shape index (κ3) is 2.33. The number of ether oxygens (including phenoxy) is 1. The standard InChI is InChI=1S/C16H15FN2O2S/c1-9-8-22-16-18-10(2)13(15(20)21-3)14(19(9)16)11-4-6-12(17)7-5-11/h4-8,14H,1-3H3. The molecule has 0 fully saturated rings. The van der Waals surface area contributed by atoms with Crippen LogP contribution in [0.4, 0.5) is 4.39 Å². The van der Waals surface area contributed by atoms with Gasteiger partial charge in [-0.15, -0.1) is 0 Å². The second-order valence-electron chi connectivity index (χ2n) is 5.09. The van der Waals surface area contributed by atoms with E-state index in [1.807, 2.05) is 17.2 Å². The number of methoxy groups -OCH3 is 1. The quantitative estimate of drug-likeness (QED) is 0.782. The minimum atomic E-state index is -0.417. The number of nitrogens with zero attached hydrogens (tertiary/aromatic N) is 2. The van der Waals surface area contributed by atoms with E-state index >= 15 is 0 Å². The van der Waals surface area contributed by atoms with Gasteiger partial charge in [-0.25, -0.2) is 14.2 Å². The van der Waals surface area contributed by atoms with Crippen LogP contribution in [0.3, 0.4) is 0 Å². The van der Waals surface area contributed by atoms with E-state index < -0.39 is 5.97 Å². The predicted molar refractivity (Wildman–Crippen MR) is 84.5 cm³/mol. The number of allylic oxidation sites excluding steroid dienone is 2. The summed E-state index contributed by atoms with van der Waals surface area (Å²) in [6.07, 6.45) is 0. The molecule has 3 rings (SSSR count). The summed E-state index contributed by atoms with van der Waals surface area (Å²) < 4.78 is 18.2. The first-order valence-electron chi connectivity index (χ1n) is 6.79. The fraction of sp³-hybridized carbons (Fsp3) is 0.250. The molecule has 1 unspecified atom stereocenters. The second kappa shape index (κ2) is 5.61. The Morgan fingerprint density at radius 1 is 1.32 bits per heavy atom. The van der Waals surface area contributed by atoms with Gasteiger partial charge in [-0.05, 0) is 37.0 Å². The summed E-state index contributed by atoms with van der Waals surface area (Å²) in [5.41, 5.74) is 2.92. The molecule has 0 spiro atoms. The van der Waals surface area contributed by atoms with Crippen molar-refractivity contribution in [2.24, 2.45) is 4.99 Å². The lowest BCUT2D eigenvalue weighted by Gasteiger charge is -2.35. The molecule has 2 aliphatic heterocycles. The van der Waals surface area contributed by atoms with Gasteiger partial charge in [-0.3, -0.25) is 0 Å². The van der Waals surface area contributed by atoms with Crippen LogP contribution in [0.1, 0.15) is 25.5 Å². The van der Waals surface area contributed by atoms with Gasteiger partial charge >= 0.3 is 5.97 Å². The highest BCUT2D eigenvalue weighted by atomic mass is 32.2. The lowest BCUT2D eigenvalue weighted by Crippen LogP contribution is -2.35. The molecule has 22 heavy (non-hydrogen) atoms. The molecule has 1 aromatic rings. The largest absolute Gasteiger partial charge is 0.466 e. The highest BCUT2D eigenvalue weighted by Crippen LogP contribution is 2.43.